The van der Waals surface area contributed by atoms with Crippen LogP contribution in [0.5, 0.6) is 0 Å². The van der Waals surface area contributed by atoms with Crippen LogP contribution in [0.3, 0.4) is 0 Å². The van der Waals surface area contributed by atoms with Gasteiger partial charge in [0.15, 0.2) is 16.6 Å². The number of thioether (sulfide) groups is 1. The van der Waals surface area contributed by atoms with E-state index in [0.717, 1.165) is 50.8 Å². The maximum Gasteiger partial charge on any atom is 0.197 e. The van der Waals surface area contributed by atoms with Gasteiger partial charge in [0.25, 0.3) is 0 Å². The lowest BCUT2D eigenvalue weighted by Gasteiger charge is -2.12. The number of fused-ring (bicyclic) bond motifs is 5. The monoisotopic (exact) mass is 480 g/mol. The van der Waals surface area contributed by atoms with Crippen molar-refractivity contribution >= 4 is 50.6 Å². The van der Waals surface area contributed by atoms with Gasteiger partial charge in [-0.3, -0.25) is 4.40 Å². The fourth-order valence-electron chi connectivity index (χ4n) is 4.28. The number of halogens is 2. The van der Waals surface area contributed by atoms with Gasteiger partial charge in [0.2, 0.25) is 0 Å². The van der Waals surface area contributed by atoms with Gasteiger partial charge in [-0.15, -0.1) is 21.5 Å². The van der Waals surface area contributed by atoms with Crippen molar-refractivity contribution in [1.82, 2.24) is 19.6 Å². The van der Waals surface area contributed by atoms with Gasteiger partial charge >= 0.3 is 0 Å². The topological polar surface area (TPSA) is 43.1 Å². The van der Waals surface area contributed by atoms with Crippen LogP contribution in [0.2, 0.25) is 5.02 Å². The Hall–Kier alpha value is -2.48. The second-order valence-corrected chi connectivity index (χ2v) is 10.3. The van der Waals surface area contributed by atoms with Gasteiger partial charge in [-0.25, -0.2) is 9.37 Å². The van der Waals surface area contributed by atoms with Crippen molar-refractivity contribution in [3.8, 4) is 11.4 Å². The molecule has 0 amide bonds. The van der Waals surface area contributed by atoms with E-state index in [-0.39, 0.29) is 5.82 Å². The fraction of sp³-hybridized carbons (Fsp3) is 0.208. The summed E-state index contributed by atoms with van der Waals surface area (Å²) in [6.45, 7) is 0. The van der Waals surface area contributed by atoms with E-state index in [1.807, 2.05) is 28.7 Å². The first kappa shape index (κ1) is 20.1. The Morgan fingerprint density at radius 1 is 1.03 bits per heavy atom. The van der Waals surface area contributed by atoms with Gasteiger partial charge in [0, 0.05) is 16.2 Å². The molecule has 0 atom stereocenters. The van der Waals surface area contributed by atoms with Crippen molar-refractivity contribution in [2.24, 2.45) is 0 Å². The van der Waals surface area contributed by atoms with Crippen molar-refractivity contribution in [2.45, 2.75) is 36.6 Å². The molecule has 160 valence electrons. The molecule has 0 unspecified atom stereocenters. The van der Waals surface area contributed by atoms with E-state index in [1.54, 1.807) is 35.2 Å². The lowest BCUT2D eigenvalue weighted by atomic mass is 9.97. The van der Waals surface area contributed by atoms with Crippen LogP contribution in [0.4, 0.5) is 4.39 Å². The first-order chi connectivity index (χ1) is 15.7. The second-order valence-electron chi connectivity index (χ2n) is 7.86. The van der Waals surface area contributed by atoms with Crippen LogP contribution in [0.25, 0.3) is 27.3 Å². The molecule has 0 saturated heterocycles. The molecule has 2 aromatic carbocycles. The summed E-state index contributed by atoms with van der Waals surface area (Å²) in [5, 5.41) is 11.7. The molecular weight excluding hydrogens is 463 g/mol. The van der Waals surface area contributed by atoms with E-state index in [0.29, 0.717) is 10.8 Å². The lowest BCUT2D eigenvalue weighted by molar-refractivity contribution is 0.627. The Balaban J connectivity index is 1.55. The normalized spacial score (nSPS) is 13.7. The highest BCUT2D eigenvalue weighted by molar-refractivity contribution is 7.98. The number of nitrogens with zero attached hydrogens (tertiary/aromatic N) is 4. The highest BCUT2D eigenvalue weighted by Gasteiger charge is 2.24. The van der Waals surface area contributed by atoms with Gasteiger partial charge in [0.1, 0.15) is 10.6 Å². The fourth-order valence-corrected chi connectivity index (χ4v) is 6.64. The third-order valence-electron chi connectivity index (χ3n) is 5.82. The van der Waals surface area contributed by atoms with E-state index in [1.165, 1.54) is 35.4 Å². The van der Waals surface area contributed by atoms with Gasteiger partial charge in [-0.1, -0.05) is 47.6 Å². The van der Waals surface area contributed by atoms with Crippen molar-refractivity contribution in [2.75, 3.05) is 0 Å². The molecule has 1 aliphatic carbocycles. The number of rotatable bonds is 4. The maximum absolute atomic E-state index is 13.3. The zero-order valence-electron chi connectivity index (χ0n) is 17.0. The largest absolute Gasteiger partial charge is 0.253 e. The van der Waals surface area contributed by atoms with E-state index < -0.39 is 0 Å². The molecule has 0 fully saturated rings. The maximum atomic E-state index is 13.3. The summed E-state index contributed by atoms with van der Waals surface area (Å²) < 4.78 is 15.3. The first-order valence-electron chi connectivity index (χ1n) is 10.5. The summed E-state index contributed by atoms with van der Waals surface area (Å²) in [5.74, 6) is 1.17. The minimum atomic E-state index is -0.235. The molecule has 3 heterocycles. The van der Waals surface area contributed by atoms with Crippen molar-refractivity contribution in [3.05, 3.63) is 75.4 Å². The van der Waals surface area contributed by atoms with Gasteiger partial charge in [0.05, 0.1) is 10.4 Å². The summed E-state index contributed by atoms with van der Waals surface area (Å²) in [4.78, 5) is 7.51. The standard InChI is InChI=1S/C24H18ClFN4S2/c25-18-7-3-1-5-16(18)21-27-23-20(17-6-2-4-8-19(17)32-23)22-28-29-24(30(21)22)31-13-14-9-11-15(26)12-10-14/h1,3,5,7,9-12H,2,4,6,8,13H2. The molecule has 0 radical (unpaired) electrons. The molecule has 0 N–H and O–H groups in total. The summed E-state index contributed by atoms with van der Waals surface area (Å²) in [5.41, 5.74) is 4.10. The van der Waals surface area contributed by atoms with Gasteiger partial charge < -0.3 is 0 Å². The Bertz CT molecular complexity index is 1460. The van der Waals surface area contributed by atoms with E-state index in [9.17, 15) is 4.39 Å². The number of hydrogen-bond acceptors (Lipinski definition) is 5. The van der Waals surface area contributed by atoms with Crippen molar-refractivity contribution < 1.29 is 4.39 Å². The number of aryl methyl sites for hydroxylation is 2. The molecule has 0 saturated carbocycles. The zero-order chi connectivity index (χ0) is 21.7. The molecule has 32 heavy (non-hydrogen) atoms. The average molecular weight is 481 g/mol. The molecule has 5 aromatic rings. The van der Waals surface area contributed by atoms with Gasteiger partial charge in [-0.05, 0) is 61.1 Å². The molecule has 6 rings (SSSR count). The Morgan fingerprint density at radius 3 is 2.69 bits per heavy atom. The lowest BCUT2D eigenvalue weighted by Crippen LogP contribution is -2.01. The molecule has 3 aromatic heterocycles. The van der Waals surface area contributed by atoms with Crippen LogP contribution in [0, 0.1) is 5.82 Å². The molecule has 0 spiro atoms. The SMILES string of the molecule is Fc1ccc(CSc2nnc3c4c5c(sc4nc(-c4ccccc4Cl)n23)CCCC5)cc1. The number of benzene rings is 2. The number of thiophene rings is 1. The van der Waals surface area contributed by atoms with Crippen LogP contribution < -0.4 is 0 Å². The highest BCUT2D eigenvalue weighted by Crippen LogP contribution is 2.40. The van der Waals surface area contributed by atoms with Crippen LogP contribution in [-0.4, -0.2) is 19.6 Å². The summed E-state index contributed by atoms with van der Waals surface area (Å²) >= 11 is 9.92. The van der Waals surface area contributed by atoms with Crippen molar-refractivity contribution in [1.29, 1.82) is 0 Å². The minimum Gasteiger partial charge on any atom is -0.253 e. The first-order valence-corrected chi connectivity index (χ1v) is 12.7. The molecular formula is C24H18ClFN4S2. The number of hydrogen-bond donors (Lipinski definition) is 0. The Morgan fingerprint density at radius 2 is 1.84 bits per heavy atom. The number of aromatic nitrogens is 4. The van der Waals surface area contributed by atoms with Crippen LogP contribution in [-0.2, 0) is 18.6 Å². The average Bonchev–Trinajstić information content (AvgIpc) is 3.39. The molecule has 0 bridgehead atoms. The van der Waals surface area contributed by atoms with E-state index in [4.69, 9.17) is 16.6 Å². The molecule has 1 aliphatic rings. The smallest absolute Gasteiger partial charge is 0.197 e. The third-order valence-corrected chi connectivity index (χ3v) is 8.34. The van der Waals surface area contributed by atoms with E-state index >= 15 is 0 Å². The summed E-state index contributed by atoms with van der Waals surface area (Å²) in [7, 11) is 0. The van der Waals surface area contributed by atoms with Crippen LogP contribution >= 0.6 is 34.7 Å². The summed E-state index contributed by atoms with van der Waals surface area (Å²) in [6.07, 6.45) is 4.57. The highest BCUT2D eigenvalue weighted by atomic mass is 35.5. The van der Waals surface area contributed by atoms with Gasteiger partial charge in [-0.2, -0.15) is 0 Å². The van der Waals surface area contributed by atoms with Crippen molar-refractivity contribution in [3.63, 3.8) is 0 Å². The predicted molar refractivity (Wildman–Crippen MR) is 129 cm³/mol. The summed E-state index contributed by atoms with van der Waals surface area (Å²) in [6, 6.07) is 14.3. The third kappa shape index (κ3) is 3.39. The Labute approximate surface area is 197 Å². The van der Waals surface area contributed by atoms with Crippen LogP contribution in [0.1, 0.15) is 28.8 Å². The second kappa shape index (κ2) is 8.14. The quantitative estimate of drug-likeness (QED) is 0.260. The molecule has 0 aliphatic heterocycles. The molecule has 4 nitrogen and oxygen atoms in total. The minimum absolute atomic E-state index is 0.235. The molecule has 8 heteroatoms. The van der Waals surface area contributed by atoms with E-state index in [2.05, 4.69) is 10.2 Å². The van der Waals surface area contributed by atoms with Crippen LogP contribution in [0.15, 0.2) is 53.7 Å². The zero-order valence-corrected chi connectivity index (χ0v) is 19.4. The predicted octanol–water partition coefficient (Wildman–Crippen LogP) is 6.97. The Kier molecular flexibility index (Phi) is 5.12.